The summed E-state index contributed by atoms with van der Waals surface area (Å²) in [5, 5.41) is 4.47. The Morgan fingerprint density at radius 1 is 1.35 bits per heavy atom. The number of thiophene rings is 1. The molecule has 2 fully saturated rings. The molecule has 2 aliphatic rings. The molecular weight excluding hydrogens is 228 g/mol. The minimum Gasteiger partial charge on any atom is -0.329 e. The Hall–Kier alpha value is -0.380. The summed E-state index contributed by atoms with van der Waals surface area (Å²) >= 11 is 1.80. The SMILES string of the molecule is NCC1(N(Cc2ccsc2)C2CC2)CCCC1. The Morgan fingerprint density at radius 3 is 2.65 bits per heavy atom. The number of hydrogen-bond donors (Lipinski definition) is 1. The lowest BCUT2D eigenvalue weighted by Crippen LogP contribution is -2.52. The molecule has 1 heterocycles. The molecule has 0 saturated heterocycles. The lowest BCUT2D eigenvalue weighted by atomic mass is 9.94. The van der Waals surface area contributed by atoms with Crippen LogP contribution < -0.4 is 5.73 Å². The molecule has 0 radical (unpaired) electrons. The maximum Gasteiger partial charge on any atom is 0.0338 e. The topological polar surface area (TPSA) is 29.3 Å². The van der Waals surface area contributed by atoms with Crippen LogP contribution in [0.15, 0.2) is 16.8 Å². The molecule has 3 rings (SSSR count). The molecule has 0 unspecified atom stereocenters. The van der Waals surface area contributed by atoms with Gasteiger partial charge in [0.15, 0.2) is 0 Å². The zero-order chi connectivity index (χ0) is 11.7. The van der Waals surface area contributed by atoms with Gasteiger partial charge < -0.3 is 5.73 Å². The van der Waals surface area contributed by atoms with Gasteiger partial charge in [-0.2, -0.15) is 11.3 Å². The van der Waals surface area contributed by atoms with Crippen LogP contribution in [-0.4, -0.2) is 23.0 Å². The fourth-order valence-electron chi connectivity index (χ4n) is 3.29. The van der Waals surface area contributed by atoms with Crippen LogP contribution >= 0.6 is 11.3 Å². The third-order valence-electron chi connectivity index (χ3n) is 4.44. The Balaban J connectivity index is 1.79. The van der Waals surface area contributed by atoms with Crippen LogP contribution in [0, 0.1) is 0 Å². The minimum absolute atomic E-state index is 0.323. The molecular formula is C14H22N2S. The van der Waals surface area contributed by atoms with E-state index in [4.69, 9.17) is 5.73 Å². The highest BCUT2D eigenvalue weighted by molar-refractivity contribution is 7.07. The van der Waals surface area contributed by atoms with E-state index in [0.717, 1.165) is 19.1 Å². The molecule has 2 nitrogen and oxygen atoms in total. The normalized spacial score (nSPS) is 23.4. The van der Waals surface area contributed by atoms with E-state index in [-0.39, 0.29) is 0 Å². The molecule has 17 heavy (non-hydrogen) atoms. The Labute approximate surface area is 108 Å². The van der Waals surface area contributed by atoms with E-state index < -0.39 is 0 Å². The molecule has 1 aromatic heterocycles. The molecule has 94 valence electrons. The van der Waals surface area contributed by atoms with E-state index >= 15 is 0 Å². The quantitative estimate of drug-likeness (QED) is 0.870. The molecule has 0 bridgehead atoms. The Kier molecular flexibility index (Phi) is 3.24. The van der Waals surface area contributed by atoms with Crippen molar-refractivity contribution in [3.63, 3.8) is 0 Å². The summed E-state index contributed by atoms with van der Waals surface area (Å²) in [5.41, 5.74) is 7.92. The molecule has 0 aromatic carbocycles. The van der Waals surface area contributed by atoms with Crippen molar-refractivity contribution < 1.29 is 0 Å². The molecule has 1 aromatic rings. The molecule has 0 atom stereocenters. The molecule has 0 spiro atoms. The van der Waals surface area contributed by atoms with Gasteiger partial charge in [0, 0.05) is 24.7 Å². The van der Waals surface area contributed by atoms with E-state index in [1.807, 2.05) is 0 Å². The maximum atomic E-state index is 6.13. The minimum atomic E-state index is 0.323. The summed E-state index contributed by atoms with van der Waals surface area (Å²) in [4.78, 5) is 2.74. The van der Waals surface area contributed by atoms with Crippen LogP contribution in [0.4, 0.5) is 0 Å². The van der Waals surface area contributed by atoms with Gasteiger partial charge in [-0.05, 0) is 48.1 Å². The van der Waals surface area contributed by atoms with Crippen molar-refractivity contribution in [1.29, 1.82) is 0 Å². The monoisotopic (exact) mass is 250 g/mol. The summed E-state index contributed by atoms with van der Waals surface area (Å²) < 4.78 is 0. The van der Waals surface area contributed by atoms with Gasteiger partial charge in [-0.1, -0.05) is 12.8 Å². The summed E-state index contributed by atoms with van der Waals surface area (Å²) in [5.74, 6) is 0. The fraction of sp³-hybridized carbons (Fsp3) is 0.714. The molecule has 3 heteroatoms. The predicted molar refractivity (Wildman–Crippen MR) is 73.1 cm³/mol. The molecule has 2 saturated carbocycles. The number of hydrogen-bond acceptors (Lipinski definition) is 3. The second kappa shape index (κ2) is 4.71. The average Bonchev–Trinajstić information content (AvgIpc) is 2.88. The highest BCUT2D eigenvalue weighted by Gasteiger charge is 2.44. The third kappa shape index (κ3) is 2.28. The fourth-order valence-corrected chi connectivity index (χ4v) is 3.95. The summed E-state index contributed by atoms with van der Waals surface area (Å²) in [7, 11) is 0. The highest BCUT2D eigenvalue weighted by Crippen LogP contribution is 2.42. The van der Waals surface area contributed by atoms with E-state index in [1.54, 1.807) is 11.3 Å². The first-order valence-corrected chi connectivity index (χ1v) is 7.76. The van der Waals surface area contributed by atoms with Crippen LogP contribution in [-0.2, 0) is 6.54 Å². The Bertz CT molecular complexity index is 350. The predicted octanol–water partition coefficient (Wildman–Crippen LogP) is 2.98. The summed E-state index contributed by atoms with van der Waals surface area (Å²) in [6.45, 7) is 1.96. The van der Waals surface area contributed by atoms with Gasteiger partial charge in [-0.15, -0.1) is 0 Å². The first-order chi connectivity index (χ1) is 8.34. The van der Waals surface area contributed by atoms with Crippen LogP contribution in [0.5, 0.6) is 0 Å². The van der Waals surface area contributed by atoms with Crippen LogP contribution in [0.25, 0.3) is 0 Å². The zero-order valence-corrected chi connectivity index (χ0v) is 11.2. The van der Waals surface area contributed by atoms with Gasteiger partial charge in [0.2, 0.25) is 0 Å². The largest absolute Gasteiger partial charge is 0.329 e. The summed E-state index contributed by atoms with van der Waals surface area (Å²) in [6.07, 6.45) is 8.11. The van der Waals surface area contributed by atoms with Gasteiger partial charge in [0.25, 0.3) is 0 Å². The lowest BCUT2D eigenvalue weighted by molar-refractivity contribution is 0.0814. The second-order valence-corrected chi connectivity index (χ2v) is 6.41. The lowest BCUT2D eigenvalue weighted by Gasteiger charge is -2.41. The van der Waals surface area contributed by atoms with Crippen LogP contribution in [0.1, 0.15) is 44.1 Å². The zero-order valence-electron chi connectivity index (χ0n) is 10.4. The van der Waals surface area contributed by atoms with Crippen molar-refractivity contribution in [2.24, 2.45) is 5.73 Å². The number of rotatable bonds is 5. The van der Waals surface area contributed by atoms with Gasteiger partial charge in [0.1, 0.15) is 0 Å². The van der Waals surface area contributed by atoms with Crippen molar-refractivity contribution in [2.75, 3.05) is 6.54 Å². The van der Waals surface area contributed by atoms with Gasteiger partial charge in [-0.25, -0.2) is 0 Å². The van der Waals surface area contributed by atoms with Gasteiger partial charge in [0.05, 0.1) is 0 Å². The molecule has 2 aliphatic carbocycles. The van der Waals surface area contributed by atoms with Crippen molar-refractivity contribution >= 4 is 11.3 Å². The van der Waals surface area contributed by atoms with Crippen molar-refractivity contribution in [2.45, 2.75) is 56.7 Å². The maximum absolute atomic E-state index is 6.13. The average molecular weight is 250 g/mol. The van der Waals surface area contributed by atoms with Crippen molar-refractivity contribution in [3.05, 3.63) is 22.4 Å². The Morgan fingerprint density at radius 2 is 2.12 bits per heavy atom. The number of nitrogens with two attached hydrogens (primary N) is 1. The van der Waals surface area contributed by atoms with Gasteiger partial charge >= 0.3 is 0 Å². The van der Waals surface area contributed by atoms with E-state index in [1.165, 1.54) is 44.1 Å². The molecule has 0 aliphatic heterocycles. The van der Waals surface area contributed by atoms with E-state index in [0.29, 0.717) is 5.54 Å². The van der Waals surface area contributed by atoms with Crippen molar-refractivity contribution in [1.82, 2.24) is 4.90 Å². The number of nitrogens with zero attached hydrogens (tertiary/aromatic N) is 1. The molecule has 2 N–H and O–H groups in total. The standard InChI is InChI=1S/C14H22N2S/c15-11-14(6-1-2-7-14)16(13-3-4-13)9-12-5-8-17-10-12/h5,8,10,13H,1-4,6-7,9,11,15H2. The molecule has 0 amide bonds. The third-order valence-corrected chi connectivity index (χ3v) is 5.18. The van der Waals surface area contributed by atoms with Gasteiger partial charge in [-0.3, -0.25) is 4.90 Å². The van der Waals surface area contributed by atoms with Crippen LogP contribution in [0.2, 0.25) is 0 Å². The summed E-state index contributed by atoms with van der Waals surface area (Å²) in [6, 6.07) is 3.08. The highest BCUT2D eigenvalue weighted by atomic mass is 32.1. The van der Waals surface area contributed by atoms with Crippen LogP contribution in [0.3, 0.4) is 0 Å². The van der Waals surface area contributed by atoms with Crippen molar-refractivity contribution in [3.8, 4) is 0 Å². The van der Waals surface area contributed by atoms with E-state index in [2.05, 4.69) is 21.7 Å². The first kappa shape index (κ1) is 11.7. The van der Waals surface area contributed by atoms with E-state index in [9.17, 15) is 0 Å². The second-order valence-electron chi connectivity index (χ2n) is 5.63. The smallest absolute Gasteiger partial charge is 0.0338 e. The first-order valence-electron chi connectivity index (χ1n) is 6.82.